The fraction of sp³-hybridized carbons (Fsp3) is 0.227. The number of rotatable bonds is 4. The molecule has 2 heterocycles. The molecule has 3 aromatic rings. The van der Waals surface area contributed by atoms with Gasteiger partial charge in [0.25, 0.3) is 5.91 Å². The highest BCUT2D eigenvalue weighted by Crippen LogP contribution is 2.35. The fourth-order valence-electron chi connectivity index (χ4n) is 3.07. The minimum Gasteiger partial charge on any atom is -0.454 e. The normalized spacial score (nSPS) is 12.5. The van der Waals surface area contributed by atoms with E-state index in [1.165, 1.54) is 0 Å². The molecule has 148 valence electrons. The monoisotopic (exact) mass is 390 g/mol. The van der Waals surface area contributed by atoms with Crippen LogP contribution in [0.4, 0.5) is 17.2 Å². The van der Waals surface area contributed by atoms with Gasteiger partial charge in [-0.15, -0.1) is 10.2 Å². The molecule has 1 aliphatic heterocycles. The van der Waals surface area contributed by atoms with E-state index in [0.29, 0.717) is 17.3 Å². The quantitative estimate of drug-likeness (QED) is 0.682. The molecule has 1 amide bonds. The van der Waals surface area contributed by atoms with Gasteiger partial charge in [-0.1, -0.05) is 39.0 Å². The maximum atomic E-state index is 12.6. The summed E-state index contributed by atoms with van der Waals surface area (Å²) in [6.07, 6.45) is 0. The van der Waals surface area contributed by atoms with Crippen LogP contribution in [0.15, 0.2) is 54.6 Å². The van der Waals surface area contributed by atoms with Crippen molar-refractivity contribution in [1.82, 2.24) is 10.2 Å². The third kappa shape index (κ3) is 4.13. The van der Waals surface area contributed by atoms with Crippen molar-refractivity contribution in [3.8, 4) is 11.5 Å². The molecule has 7 nitrogen and oxygen atoms in total. The molecule has 0 radical (unpaired) electrons. The van der Waals surface area contributed by atoms with Crippen LogP contribution < -0.4 is 20.1 Å². The summed E-state index contributed by atoms with van der Waals surface area (Å²) in [5.74, 6) is 1.61. The number of ether oxygens (including phenoxy) is 2. The largest absolute Gasteiger partial charge is 0.454 e. The number of amides is 1. The average Bonchev–Trinajstić information content (AvgIpc) is 3.16. The Morgan fingerprint density at radius 1 is 0.966 bits per heavy atom. The van der Waals surface area contributed by atoms with Crippen molar-refractivity contribution in [2.24, 2.45) is 0 Å². The Hall–Kier alpha value is -3.61. The molecule has 1 aliphatic rings. The molecule has 7 heteroatoms. The Bertz CT molecular complexity index is 1040. The van der Waals surface area contributed by atoms with Gasteiger partial charge in [-0.05, 0) is 41.3 Å². The van der Waals surface area contributed by atoms with Crippen molar-refractivity contribution < 1.29 is 14.3 Å². The van der Waals surface area contributed by atoms with Crippen LogP contribution in [0.5, 0.6) is 11.5 Å². The van der Waals surface area contributed by atoms with E-state index >= 15 is 0 Å². The number of benzene rings is 2. The lowest BCUT2D eigenvalue weighted by molar-refractivity contribution is 0.102. The Kier molecular flexibility index (Phi) is 4.80. The molecule has 2 N–H and O–H groups in total. The molecule has 29 heavy (non-hydrogen) atoms. The maximum absolute atomic E-state index is 12.6. The number of hydrogen-bond acceptors (Lipinski definition) is 6. The molecule has 0 aliphatic carbocycles. The van der Waals surface area contributed by atoms with Gasteiger partial charge >= 0.3 is 0 Å². The smallest absolute Gasteiger partial charge is 0.276 e. The molecule has 2 aromatic carbocycles. The van der Waals surface area contributed by atoms with Gasteiger partial charge in [0, 0.05) is 17.4 Å². The van der Waals surface area contributed by atoms with Gasteiger partial charge in [-0.25, -0.2) is 0 Å². The lowest BCUT2D eigenvalue weighted by Crippen LogP contribution is -2.19. The van der Waals surface area contributed by atoms with E-state index < -0.39 is 0 Å². The molecule has 0 fully saturated rings. The van der Waals surface area contributed by atoms with Gasteiger partial charge in [-0.2, -0.15) is 0 Å². The van der Waals surface area contributed by atoms with Crippen LogP contribution in [0, 0.1) is 0 Å². The molecule has 0 saturated heterocycles. The van der Waals surface area contributed by atoms with Crippen molar-refractivity contribution in [2.45, 2.75) is 26.2 Å². The van der Waals surface area contributed by atoms with E-state index in [1.54, 1.807) is 12.1 Å². The number of aromatic nitrogens is 2. The molecule has 0 atom stereocenters. The van der Waals surface area contributed by atoms with E-state index in [0.717, 1.165) is 16.9 Å². The Morgan fingerprint density at radius 2 is 1.76 bits per heavy atom. The van der Waals surface area contributed by atoms with Crippen LogP contribution in [0.25, 0.3) is 0 Å². The minimum atomic E-state index is -0.302. The standard InChI is InChI=1S/C22H22N4O3/c1-22(2,3)15-6-4-5-7-16(15)24-21(27)17-9-11-20(26-25-17)23-14-8-10-18-19(12-14)29-13-28-18/h4-12H,13H2,1-3H3,(H,23,26)(H,24,27). The van der Waals surface area contributed by atoms with Gasteiger partial charge in [0.1, 0.15) is 0 Å². The second-order valence-corrected chi connectivity index (χ2v) is 7.75. The van der Waals surface area contributed by atoms with Gasteiger partial charge in [-0.3, -0.25) is 4.79 Å². The maximum Gasteiger partial charge on any atom is 0.276 e. The van der Waals surface area contributed by atoms with Gasteiger partial charge in [0.05, 0.1) is 0 Å². The summed E-state index contributed by atoms with van der Waals surface area (Å²) in [7, 11) is 0. The number of carbonyl (C=O) groups is 1. The van der Waals surface area contributed by atoms with Crippen LogP contribution in [-0.2, 0) is 5.41 Å². The Morgan fingerprint density at radius 3 is 2.52 bits per heavy atom. The molecular formula is C22H22N4O3. The van der Waals surface area contributed by atoms with E-state index in [1.807, 2.05) is 42.5 Å². The molecule has 0 saturated carbocycles. The predicted molar refractivity (Wildman–Crippen MR) is 111 cm³/mol. The van der Waals surface area contributed by atoms with Gasteiger partial charge in [0.2, 0.25) is 6.79 Å². The van der Waals surface area contributed by atoms with Crippen molar-refractivity contribution in [2.75, 3.05) is 17.4 Å². The van der Waals surface area contributed by atoms with Gasteiger partial charge in [0.15, 0.2) is 23.0 Å². The number of carbonyl (C=O) groups excluding carboxylic acids is 1. The van der Waals surface area contributed by atoms with Crippen LogP contribution >= 0.6 is 0 Å². The Balaban J connectivity index is 1.46. The first-order valence-electron chi connectivity index (χ1n) is 9.31. The molecule has 0 bridgehead atoms. The minimum absolute atomic E-state index is 0.0893. The Labute approximate surface area is 169 Å². The van der Waals surface area contributed by atoms with Crippen LogP contribution in [0.1, 0.15) is 36.8 Å². The number of fused-ring (bicyclic) bond motifs is 1. The summed E-state index contributed by atoms with van der Waals surface area (Å²) in [4.78, 5) is 12.6. The zero-order valence-corrected chi connectivity index (χ0v) is 16.5. The molecule has 1 aromatic heterocycles. The molecule has 4 rings (SSSR count). The molecular weight excluding hydrogens is 368 g/mol. The number of anilines is 3. The summed E-state index contributed by atoms with van der Waals surface area (Å²) < 4.78 is 10.7. The lowest BCUT2D eigenvalue weighted by Gasteiger charge is -2.22. The summed E-state index contributed by atoms with van der Waals surface area (Å²) in [6, 6.07) is 16.6. The highest BCUT2D eigenvalue weighted by Gasteiger charge is 2.19. The highest BCUT2D eigenvalue weighted by molar-refractivity contribution is 6.03. The second kappa shape index (κ2) is 7.43. The topological polar surface area (TPSA) is 85.4 Å². The van der Waals surface area contributed by atoms with E-state index in [9.17, 15) is 4.79 Å². The number of nitrogens with zero attached hydrogens (tertiary/aromatic N) is 2. The number of nitrogens with one attached hydrogen (secondary N) is 2. The summed E-state index contributed by atoms with van der Waals surface area (Å²) >= 11 is 0. The SMILES string of the molecule is CC(C)(C)c1ccccc1NC(=O)c1ccc(Nc2ccc3c(c2)OCO3)nn1. The second-order valence-electron chi connectivity index (χ2n) is 7.75. The first-order chi connectivity index (χ1) is 13.9. The zero-order valence-electron chi connectivity index (χ0n) is 16.5. The van der Waals surface area contributed by atoms with Crippen molar-refractivity contribution in [1.29, 1.82) is 0 Å². The lowest BCUT2D eigenvalue weighted by atomic mass is 9.86. The predicted octanol–water partition coefficient (Wildman–Crippen LogP) is 4.50. The van der Waals surface area contributed by atoms with E-state index in [2.05, 4.69) is 41.6 Å². The van der Waals surface area contributed by atoms with Crippen LogP contribution in [-0.4, -0.2) is 22.9 Å². The third-order valence-electron chi connectivity index (χ3n) is 4.53. The molecule has 0 unspecified atom stereocenters. The van der Waals surface area contributed by atoms with Crippen molar-refractivity contribution in [3.63, 3.8) is 0 Å². The fourth-order valence-corrected chi connectivity index (χ4v) is 3.07. The third-order valence-corrected chi connectivity index (χ3v) is 4.53. The first kappa shape index (κ1) is 18.7. The van der Waals surface area contributed by atoms with E-state index in [4.69, 9.17) is 9.47 Å². The molecule has 0 spiro atoms. The zero-order chi connectivity index (χ0) is 20.4. The van der Waals surface area contributed by atoms with Crippen LogP contribution in [0.2, 0.25) is 0 Å². The van der Waals surface area contributed by atoms with Crippen molar-refractivity contribution >= 4 is 23.1 Å². The van der Waals surface area contributed by atoms with E-state index in [-0.39, 0.29) is 23.8 Å². The van der Waals surface area contributed by atoms with Gasteiger partial charge < -0.3 is 20.1 Å². The van der Waals surface area contributed by atoms with Crippen molar-refractivity contribution in [3.05, 3.63) is 65.9 Å². The first-order valence-corrected chi connectivity index (χ1v) is 9.31. The summed E-state index contributed by atoms with van der Waals surface area (Å²) in [5.41, 5.74) is 2.77. The number of hydrogen-bond donors (Lipinski definition) is 2. The average molecular weight is 390 g/mol. The van der Waals surface area contributed by atoms with Crippen LogP contribution in [0.3, 0.4) is 0 Å². The highest BCUT2D eigenvalue weighted by atomic mass is 16.7. The summed E-state index contributed by atoms with van der Waals surface area (Å²) in [5, 5.41) is 14.2. The number of para-hydroxylation sites is 1. The summed E-state index contributed by atoms with van der Waals surface area (Å²) in [6.45, 7) is 6.54.